The first kappa shape index (κ1) is 42.1. The van der Waals surface area contributed by atoms with Gasteiger partial charge < -0.3 is 40.7 Å². The lowest BCUT2D eigenvalue weighted by Crippen LogP contribution is -2.63. The molecule has 0 radical (unpaired) electrons. The van der Waals surface area contributed by atoms with Crippen molar-refractivity contribution < 1.29 is 53.6 Å². The standard InChI is InChI=1S/C42H48BrN3O11S/c1-40-11-10-26(48)15-24(40)6-7-28-29-16-33-42(32(50)20-47,41(29,2)17-31(49)37(28)40)57-39(56-33)23-14-27(58-21-23)13-22-4-3-5-25(12-22)45-38(55)30(8-9-36(53)54)46-35(52)19-44-34(51)18-43/h3-5,10-12,14-15,21,28-31,33,37,39,47,49H,6-9,13,16-20H2,1-2H3,(H,44,51)(H,45,55)(H,46,52)(H,53,54)/t28-,29-,30-,31-,33+,37+,39+,40-,41-,42+/m0/s1. The molecule has 0 unspecified atom stereocenters. The predicted octanol–water partition coefficient (Wildman–Crippen LogP) is 3.74. The molecule has 4 fully saturated rings. The number of ether oxygens (including phenoxy) is 2. The fraction of sp³-hybridized carbons (Fsp3) is 0.524. The summed E-state index contributed by atoms with van der Waals surface area (Å²) in [6.45, 7) is 3.00. The topological polar surface area (TPSA) is 218 Å². The van der Waals surface area contributed by atoms with Gasteiger partial charge in [-0.15, -0.1) is 11.3 Å². The number of halogens is 1. The Morgan fingerprint density at radius 1 is 1.12 bits per heavy atom. The normalized spacial score (nSPS) is 32.5. The number of alkyl halides is 1. The van der Waals surface area contributed by atoms with Crippen molar-refractivity contribution in [3.05, 3.63) is 75.5 Å². The van der Waals surface area contributed by atoms with Crippen LogP contribution in [0.3, 0.4) is 0 Å². The van der Waals surface area contributed by atoms with E-state index in [-0.39, 0.29) is 54.7 Å². The first-order valence-electron chi connectivity index (χ1n) is 19.5. The molecule has 1 aromatic carbocycles. The molecule has 0 bridgehead atoms. The van der Waals surface area contributed by atoms with Gasteiger partial charge in [0, 0.05) is 45.7 Å². The van der Waals surface area contributed by atoms with Crippen LogP contribution < -0.4 is 16.0 Å². The number of hydrogen-bond acceptors (Lipinski definition) is 11. The number of carbonyl (C=O) groups excluding carboxylic acids is 5. The molecule has 3 saturated carbocycles. The highest BCUT2D eigenvalue weighted by Gasteiger charge is 2.76. The van der Waals surface area contributed by atoms with E-state index in [1.165, 1.54) is 11.3 Å². The number of Topliss-reactive ketones (excluding diaryl/α,β-unsaturated/α-hetero) is 1. The largest absolute Gasteiger partial charge is 0.481 e. The molecule has 1 aromatic heterocycles. The van der Waals surface area contributed by atoms with Gasteiger partial charge in [0.05, 0.1) is 24.1 Å². The average Bonchev–Trinajstić information content (AvgIpc) is 3.88. The minimum atomic E-state index is -1.46. The highest BCUT2D eigenvalue weighted by molar-refractivity contribution is 9.09. The Hall–Kier alpha value is -4.06. The summed E-state index contributed by atoms with van der Waals surface area (Å²) >= 11 is 4.47. The number of hydrogen-bond donors (Lipinski definition) is 6. The number of thiophene rings is 1. The van der Waals surface area contributed by atoms with Crippen molar-refractivity contribution in [3.8, 4) is 0 Å². The quantitative estimate of drug-likeness (QED) is 0.150. The summed E-state index contributed by atoms with van der Waals surface area (Å²) in [5.74, 6) is -3.40. The fourth-order valence-corrected chi connectivity index (χ4v) is 11.8. The molecular weight excluding hydrogens is 834 g/mol. The summed E-state index contributed by atoms with van der Waals surface area (Å²) in [6, 6.07) is 7.90. The molecule has 10 atom stereocenters. The molecule has 3 amide bonds. The average molecular weight is 883 g/mol. The van der Waals surface area contributed by atoms with Crippen molar-refractivity contribution in [1.29, 1.82) is 0 Å². The number of anilines is 1. The van der Waals surface area contributed by atoms with E-state index in [2.05, 4.69) is 38.8 Å². The van der Waals surface area contributed by atoms with Crippen molar-refractivity contribution in [2.75, 3.05) is 23.8 Å². The molecule has 0 spiro atoms. The van der Waals surface area contributed by atoms with Crippen LogP contribution in [-0.4, -0.2) is 92.9 Å². The van der Waals surface area contributed by atoms with Crippen molar-refractivity contribution in [2.24, 2.45) is 28.6 Å². The molecule has 2 aromatic rings. The maximum atomic E-state index is 13.9. The van der Waals surface area contributed by atoms with E-state index in [1.54, 1.807) is 30.4 Å². The van der Waals surface area contributed by atoms with Crippen LogP contribution in [0.5, 0.6) is 0 Å². The number of aliphatic hydroxyl groups excluding tert-OH is 2. The van der Waals surface area contributed by atoms with Gasteiger partial charge in [-0.2, -0.15) is 0 Å². The number of carboxylic acid groups (broad SMARTS) is 1. The minimum absolute atomic E-state index is 0.00264. The summed E-state index contributed by atoms with van der Waals surface area (Å²) in [5.41, 5.74) is 0.300. The van der Waals surface area contributed by atoms with E-state index in [0.29, 0.717) is 18.5 Å². The van der Waals surface area contributed by atoms with Crippen LogP contribution in [0.15, 0.2) is 59.5 Å². The Morgan fingerprint density at radius 2 is 1.91 bits per heavy atom. The number of rotatable bonds is 14. The molecule has 7 rings (SSSR count). The van der Waals surface area contributed by atoms with Crippen LogP contribution >= 0.6 is 27.3 Å². The summed E-state index contributed by atoms with van der Waals surface area (Å²) in [5, 5.41) is 41.0. The second-order valence-electron chi connectivity index (χ2n) is 16.5. The Balaban J connectivity index is 1.04. The third kappa shape index (κ3) is 7.63. The van der Waals surface area contributed by atoms with Crippen molar-refractivity contribution >= 4 is 68.2 Å². The number of allylic oxidation sites excluding steroid dienone is 4. The van der Waals surface area contributed by atoms with Gasteiger partial charge in [-0.3, -0.25) is 28.8 Å². The van der Waals surface area contributed by atoms with Crippen LogP contribution in [-0.2, 0) is 44.7 Å². The second kappa shape index (κ2) is 16.5. The highest BCUT2D eigenvalue weighted by Crippen LogP contribution is 2.70. The van der Waals surface area contributed by atoms with Crippen LogP contribution in [0.4, 0.5) is 5.69 Å². The van der Waals surface area contributed by atoms with E-state index in [1.807, 2.05) is 30.5 Å². The number of benzene rings is 1. The molecular formula is C42H48BrN3O11S. The van der Waals surface area contributed by atoms with Crippen LogP contribution in [0, 0.1) is 28.6 Å². The zero-order valence-corrected chi connectivity index (χ0v) is 34.6. The highest BCUT2D eigenvalue weighted by atomic mass is 79.9. The molecule has 310 valence electrons. The van der Waals surface area contributed by atoms with Crippen molar-refractivity contribution in [3.63, 3.8) is 0 Å². The van der Waals surface area contributed by atoms with Gasteiger partial charge in [-0.05, 0) is 85.2 Å². The molecule has 58 heavy (non-hydrogen) atoms. The fourth-order valence-electron chi connectivity index (χ4n) is 10.6. The van der Waals surface area contributed by atoms with Gasteiger partial charge in [0.25, 0.3) is 0 Å². The van der Waals surface area contributed by atoms with E-state index in [0.717, 1.165) is 34.4 Å². The zero-order chi connectivity index (χ0) is 41.6. The Bertz CT molecular complexity index is 2070. The lowest BCUT2D eigenvalue weighted by atomic mass is 9.46. The molecule has 1 aliphatic heterocycles. The summed E-state index contributed by atoms with van der Waals surface area (Å²) in [6.07, 6.45) is 5.24. The first-order chi connectivity index (χ1) is 27.6. The lowest BCUT2D eigenvalue weighted by molar-refractivity contribution is -0.201. The van der Waals surface area contributed by atoms with E-state index < -0.39 is 77.1 Å². The Morgan fingerprint density at radius 3 is 2.66 bits per heavy atom. The van der Waals surface area contributed by atoms with Crippen LogP contribution in [0.2, 0.25) is 0 Å². The molecule has 14 nitrogen and oxygen atoms in total. The van der Waals surface area contributed by atoms with Gasteiger partial charge in [-0.1, -0.05) is 53.6 Å². The summed E-state index contributed by atoms with van der Waals surface area (Å²) in [4.78, 5) is 75.6. The SMILES string of the molecule is C[C@]12C=CC(=O)C=C1CC[C@@H]1[C@@H]2[C@@H](O)C[C@@]2(C)[C@H]1C[C@H]1O[C@@H](c3csc(Cc4cccc(NC(=O)[C@H](CCC(=O)O)NC(=O)CNC(=O)CBr)c4)c3)O[C@]12C(=O)CO. The minimum Gasteiger partial charge on any atom is -0.481 e. The molecule has 4 aliphatic carbocycles. The smallest absolute Gasteiger partial charge is 0.303 e. The zero-order valence-electron chi connectivity index (χ0n) is 32.2. The van der Waals surface area contributed by atoms with Crippen LogP contribution in [0.1, 0.15) is 74.7 Å². The molecule has 5 aliphatic rings. The maximum Gasteiger partial charge on any atom is 0.303 e. The number of carboxylic acids is 1. The third-order valence-corrected chi connectivity index (χ3v) is 14.6. The number of aliphatic hydroxyl groups is 2. The first-order valence-corrected chi connectivity index (χ1v) is 21.5. The number of ketones is 2. The monoisotopic (exact) mass is 881 g/mol. The van der Waals surface area contributed by atoms with Crippen molar-refractivity contribution in [1.82, 2.24) is 10.6 Å². The van der Waals surface area contributed by atoms with Crippen LogP contribution in [0.25, 0.3) is 0 Å². The molecule has 1 saturated heterocycles. The predicted molar refractivity (Wildman–Crippen MR) is 215 cm³/mol. The van der Waals surface area contributed by atoms with Gasteiger partial charge in [0.1, 0.15) is 12.6 Å². The summed E-state index contributed by atoms with van der Waals surface area (Å²) in [7, 11) is 0. The maximum absolute atomic E-state index is 13.9. The van der Waals surface area contributed by atoms with Gasteiger partial charge in [-0.25, -0.2) is 0 Å². The number of aliphatic carboxylic acids is 1. The van der Waals surface area contributed by atoms with Gasteiger partial charge in [0.15, 0.2) is 23.5 Å². The van der Waals surface area contributed by atoms with E-state index in [4.69, 9.17) is 9.47 Å². The van der Waals surface area contributed by atoms with Gasteiger partial charge in [0.2, 0.25) is 17.7 Å². The Kier molecular flexibility index (Phi) is 12.0. The van der Waals surface area contributed by atoms with Gasteiger partial charge >= 0.3 is 5.97 Å². The third-order valence-electron chi connectivity index (χ3n) is 13.2. The number of amides is 3. The summed E-state index contributed by atoms with van der Waals surface area (Å²) < 4.78 is 13.4. The second-order valence-corrected chi connectivity index (χ2v) is 18.1. The lowest BCUT2D eigenvalue weighted by Gasteiger charge is -2.59. The number of fused-ring (bicyclic) bond motifs is 7. The number of carbonyl (C=O) groups is 6. The molecule has 16 heteroatoms. The number of nitrogens with one attached hydrogen (secondary N) is 3. The molecule has 6 N–H and O–H groups in total. The Labute approximate surface area is 347 Å². The molecule has 2 heterocycles. The van der Waals surface area contributed by atoms with E-state index >= 15 is 0 Å². The van der Waals surface area contributed by atoms with E-state index in [9.17, 15) is 44.1 Å². The van der Waals surface area contributed by atoms with Crippen molar-refractivity contribution in [2.45, 2.75) is 88.9 Å².